The summed E-state index contributed by atoms with van der Waals surface area (Å²) in [4.78, 5) is 0. The number of hydrogen-bond acceptors (Lipinski definition) is 0. The smallest absolute Gasteiger partial charge is 0.0804 e. The minimum absolute atomic E-state index is 1.16. The Labute approximate surface area is 220 Å². The molecule has 0 saturated heterocycles. The fourth-order valence-corrected chi connectivity index (χ4v) is 6.03. The molecule has 0 atom stereocenters. The maximum atomic E-state index is 2.46. The molecule has 0 saturated carbocycles. The lowest BCUT2D eigenvalue weighted by molar-refractivity contribution is 1.18. The summed E-state index contributed by atoms with van der Waals surface area (Å²) >= 11 is 0. The molecule has 2 heteroatoms. The third-order valence-electron chi connectivity index (χ3n) is 7.70. The molecular formula is C36H24N2. The van der Waals surface area contributed by atoms with E-state index in [-0.39, 0.29) is 0 Å². The first kappa shape index (κ1) is 21.0. The van der Waals surface area contributed by atoms with E-state index in [0.29, 0.717) is 0 Å². The Bertz CT molecular complexity index is 2100. The lowest BCUT2D eigenvalue weighted by atomic mass is 10.1. The summed E-state index contributed by atoms with van der Waals surface area (Å²) < 4.78 is 4.90. The van der Waals surface area contributed by atoms with Crippen LogP contribution < -0.4 is 0 Å². The van der Waals surface area contributed by atoms with Gasteiger partial charge in [-0.25, -0.2) is 0 Å². The highest BCUT2D eigenvalue weighted by Gasteiger charge is 2.23. The SMILES string of the molecule is c1ccc(-c2ccc(-n3c4ccccc4c4c3c3ccc5ccccc5c3n4-c3ccccc3)cc2)cc1. The first-order valence-electron chi connectivity index (χ1n) is 13.0. The van der Waals surface area contributed by atoms with Crippen molar-refractivity contribution >= 4 is 43.6 Å². The predicted octanol–water partition coefficient (Wildman–Crippen LogP) is 9.55. The quantitative estimate of drug-likeness (QED) is 0.236. The van der Waals surface area contributed by atoms with Crippen LogP contribution in [0.2, 0.25) is 0 Å². The molecule has 0 aliphatic carbocycles. The fraction of sp³-hybridized carbons (Fsp3) is 0. The van der Waals surface area contributed by atoms with Crippen molar-refractivity contribution in [3.8, 4) is 22.5 Å². The molecule has 8 aromatic rings. The van der Waals surface area contributed by atoms with Crippen molar-refractivity contribution < 1.29 is 0 Å². The van der Waals surface area contributed by atoms with Gasteiger partial charge in [0.15, 0.2) is 0 Å². The molecule has 0 unspecified atom stereocenters. The van der Waals surface area contributed by atoms with E-state index in [1.54, 1.807) is 0 Å². The first-order valence-corrected chi connectivity index (χ1v) is 13.0. The van der Waals surface area contributed by atoms with E-state index in [1.165, 1.54) is 60.4 Å². The third-order valence-corrected chi connectivity index (χ3v) is 7.70. The number of rotatable bonds is 3. The molecule has 178 valence electrons. The second-order valence-corrected chi connectivity index (χ2v) is 9.82. The van der Waals surface area contributed by atoms with Gasteiger partial charge in [-0.05, 0) is 46.8 Å². The van der Waals surface area contributed by atoms with Gasteiger partial charge in [-0.3, -0.25) is 0 Å². The number of fused-ring (bicyclic) bond motifs is 7. The van der Waals surface area contributed by atoms with Gasteiger partial charge in [-0.1, -0.05) is 115 Å². The summed E-state index contributed by atoms with van der Waals surface area (Å²) in [5, 5.41) is 5.02. The van der Waals surface area contributed by atoms with Crippen LogP contribution in [-0.2, 0) is 0 Å². The third kappa shape index (κ3) is 3.01. The van der Waals surface area contributed by atoms with Crippen molar-refractivity contribution in [2.75, 3.05) is 0 Å². The zero-order valence-corrected chi connectivity index (χ0v) is 20.8. The molecule has 6 aromatic carbocycles. The Balaban J connectivity index is 1.52. The van der Waals surface area contributed by atoms with Crippen molar-refractivity contribution in [1.29, 1.82) is 0 Å². The molecule has 0 bridgehead atoms. The van der Waals surface area contributed by atoms with Crippen LogP contribution in [0, 0.1) is 0 Å². The molecule has 2 aromatic heterocycles. The molecule has 0 aliphatic rings. The fourth-order valence-electron chi connectivity index (χ4n) is 6.03. The number of aromatic nitrogens is 2. The largest absolute Gasteiger partial charge is 0.307 e. The molecule has 0 aliphatic heterocycles. The van der Waals surface area contributed by atoms with Crippen LogP contribution in [0.4, 0.5) is 0 Å². The van der Waals surface area contributed by atoms with Crippen molar-refractivity contribution in [3.63, 3.8) is 0 Å². The minimum Gasteiger partial charge on any atom is -0.307 e. The van der Waals surface area contributed by atoms with Gasteiger partial charge in [0.05, 0.1) is 22.1 Å². The number of benzene rings is 6. The second-order valence-electron chi connectivity index (χ2n) is 9.82. The van der Waals surface area contributed by atoms with Crippen LogP contribution in [0.5, 0.6) is 0 Å². The normalized spacial score (nSPS) is 11.7. The average molecular weight is 485 g/mol. The first-order chi connectivity index (χ1) is 18.9. The molecular weight excluding hydrogens is 460 g/mol. The summed E-state index contributed by atoms with van der Waals surface area (Å²) in [6, 6.07) is 52.3. The summed E-state index contributed by atoms with van der Waals surface area (Å²) in [6.07, 6.45) is 0. The molecule has 0 amide bonds. The molecule has 0 fully saturated rings. The molecule has 0 radical (unpaired) electrons. The Morgan fingerprint density at radius 1 is 0.316 bits per heavy atom. The van der Waals surface area contributed by atoms with Gasteiger partial charge in [-0.15, -0.1) is 0 Å². The Morgan fingerprint density at radius 2 is 0.895 bits per heavy atom. The van der Waals surface area contributed by atoms with E-state index < -0.39 is 0 Å². The molecule has 8 rings (SSSR count). The van der Waals surface area contributed by atoms with Crippen LogP contribution in [-0.4, -0.2) is 9.13 Å². The van der Waals surface area contributed by atoms with E-state index in [0.717, 1.165) is 5.69 Å². The van der Waals surface area contributed by atoms with Crippen LogP contribution >= 0.6 is 0 Å². The number of hydrogen-bond donors (Lipinski definition) is 0. The summed E-state index contributed by atoms with van der Waals surface area (Å²) in [5.74, 6) is 0. The van der Waals surface area contributed by atoms with Crippen LogP contribution in [0.3, 0.4) is 0 Å². The molecule has 0 spiro atoms. The van der Waals surface area contributed by atoms with Crippen molar-refractivity contribution in [1.82, 2.24) is 9.13 Å². The van der Waals surface area contributed by atoms with E-state index >= 15 is 0 Å². The molecule has 38 heavy (non-hydrogen) atoms. The maximum absolute atomic E-state index is 2.46. The average Bonchev–Trinajstić information content (AvgIpc) is 3.51. The van der Waals surface area contributed by atoms with Gasteiger partial charge in [0, 0.05) is 27.5 Å². The number of nitrogens with zero attached hydrogens (tertiary/aromatic N) is 2. The topological polar surface area (TPSA) is 9.86 Å². The van der Waals surface area contributed by atoms with Gasteiger partial charge in [0.25, 0.3) is 0 Å². The summed E-state index contributed by atoms with van der Waals surface area (Å²) in [7, 11) is 0. The lowest BCUT2D eigenvalue weighted by Crippen LogP contribution is -1.94. The molecule has 2 heterocycles. The standard InChI is InChI=1S/C36H24N2/c1-3-11-25(12-4-1)26-19-22-29(23-20-26)37-33-18-10-9-17-31(33)35-36(37)32-24-21-27-13-7-8-16-30(27)34(32)38(35)28-14-5-2-6-15-28/h1-24H. The van der Waals surface area contributed by atoms with E-state index in [4.69, 9.17) is 0 Å². The van der Waals surface area contributed by atoms with E-state index in [1.807, 2.05) is 0 Å². The zero-order valence-electron chi connectivity index (χ0n) is 20.8. The highest BCUT2D eigenvalue weighted by molar-refractivity contribution is 6.24. The van der Waals surface area contributed by atoms with Crippen LogP contribution in [0.1, 0.15) is 0 Å². The van der Waals surface area contributed by atoms with E-state index in [2.05, 4.69) is 155 Å². The second kappa shape index (κ2) is 8.22. The molecule has 2 nitrogen and oxygen atoms in total. The minimum atomic E-state index is 1.16. The van der Waals surface area contributed by atoms with Gasteiger partial charge in [0.1, 0.15) is 0 Å². The highest BCUT2D eigenvalue weighted by Crippen LogP contribution is 2.42. The monoisotopic (exact) mass is 484 g/mol. The highest BCUT2D eigenvalue weighted by atomic mass is 15.1. The van der Waals surface area contributed by atoms with Crippen LogP contribution in [0.15, 0.2) is 146 Å². The lowest BCUT2D eigenvalue weighted by Gasteiger charge is -2.11. The Morgan fingerprint density at radius 3 is 1.68 bits per heavy atom. The molecule has 0 N–H and O–H groups in total. The van der Waals surface area contributed by atoms with Gasteiger partial charge >= 0.3 is 0 Å². The van der Waals surface area contributed by atoms with Crippen molar-refractivity contribution in [2.45, 2.75) is 0 Å². The van der Waals surface area contributed by atoms with Gasteiger partial charge in [0.2, 0.25) is 0 Å². The van der Waals surface area contributed by atoms with Crippen molar-refractivity contribution in [3.05, 3.63) is 146 Å². The van der Waals surface area contributed by atoms with Crippen molar-refractivity contribution in [2.24, 2.45) is 0 Å². The number of para-hydroxylation sites is 2. The van der Waals surface area contributed by atoms with Crippen LogP contribution in [0.25, 0.3) is 66.1 Å². The Kier molecular flexibility index (Phi) is 4.55. The summed E-state index contributed by atoms with van der Waals surface area (Å²) in [6.45, 7) is 0. The van der Waals surface area contributed by atoms with Gasteiger partial charge < -0.3 is 9.13 Å². The Hall–Kier alpha value is -5.08. The van der Waals surface area contributed by atoms with Gasteiger partial charge in [-0.2, -0.15) is 0 Å². The maximum Gasteiger partial charge on any atom is 0.0804 e. The summed E-state index contributed by atoms with van der Waals surface area (Å²) in [5.41, 5.74) is 9.73. The zero-order chi connectivity index (χ0) is 25.1. The predicted molar refractivity (Wildman–Crippen MR) is 161 cm³/mol. The van der Waals surface area contributed by atoms with E-state index in [9.17, 15) is 0 Å².